The first-order valence-corrected chi connectivity index (χ1v) is 6.03. The maximum atomic E-state index is 10.6. The van der Waals surface area contributed by atoms with Crippen molar-refractivity contribution in [2.24, 2.45) is 0 Å². The molecule has 0 spiro atoms. The van der Waals surface area contributed by atoms with Gasteiger partial charge in [-0.15, -0.1) is 0 Å². The van der Waals surface area contributed by atoms with Gasteiger partial charge >= 0.3 is 5.97 Å². The van der Waals surface area contributed by atoms with E-state index in [1.807, 2.05) is 13.8 Å². The Morgan fingerprint density at radius 1 is 1.53 bits per heavy atom. The minimum absolute atomic E-state index is 0.0348. The van der Waals surface area contributed by atoms with Gasteiger partial charge in [-0.25, -0.2) is 9.78 Å². The zero-order valence-corrected chi connectivity index (χ0v) is 10.3. The number of aromatic carboxylic acids is 1. The molecule has 2 aromatic heterocycles. The number of aromatic nitrogens is 2. The van der Waals surface area contributed by atoms with E-state index < -0.39 is 5.97 Å². The van der Waals surface area contributed by atoms with Crippen LogP contribution in [0.1, 0.15) is 27.7 Å². The maximum Gasteiger partial charge on any atom is 0.371 e. The normalized spacial score (nSPS) is 10.7. The zero-order valence-electron chi connectivity index (χ0n) is 9.48. The summed E-state index contributed by atoms with van der Waals surface area (Å²) in [6, 6.07) is 3.12. The Bertz CT molecular complexity index is 525. The number of thioether (sulfide) groups is 1. The summed E-state index contributed by atoms with van der Waals surface area (Å²) in [5.41, 5.74) is 2.01. The highest BCUT2D eigenvalue weighted by Gasteiger charge is 2.10. The van der Waals surface area contributed by atoms with Crippen molar-refractivity contribution in [3.63, 3.8) is 0 Å². The third-order valence-corrected chi connectivity index (χ3v) is 3.23. The predicted octanol–water partition coefficient (Wildman–Crippen LogP) is 2.61. The molecule has 5 nitrogen and oxygen atoms in total. The Labute approximate surface area is 102 Å². The molecule has 0 bridgehead atoms. The molecule has 2 N–H and O–H groups in total. The van der Waals surface area contributed by atoms with Gasteiger partial charge in [0.1, 0.15) is 5.76 Å². The maximum absolute atomic E-state index is 10.6. The van der Waals surface area contributed by atoms with Crippen molar-refractivity contribution < 1.29 is 14.3 Å². The molecule has 2 heterocycles. The molecular formula is C11H12N2O3S. The Hall–Kier alpha value is -1.69. The molecular weight excluding hydrogens is 240 g/mol. The number of carbonyl (C=O) groups is 1. The van der Waals surface area contributed by atoms with Crippen LogP contribution in [0.25, 0.3) is 0 Å². The number of aromatic amines is 1. The lowest BCUT2D eigenvalue weighted by atomic mass is 10.4. The molecule has 0 fully saturated rings. The number of rotatable bonds is 4. The molecule has 0 radical (unpaired) electrons. The lowest BCUT2D eigenvalue weighted by Crippen LogP contribution is -1.91. The van der Waals surface area contributed by atoms with Crippen molar-refractivity contribution in [3.05, 3.63) is 35.0 Å². The number of nitrogens with zero attached hydrogens (tertiary/aromatic N) is 1. The fraction of sp³-hybridized carbons (Fsp3) is 0.273. The second-order valence-electron chi connectivity index (χ2n) is 3.61. The summed E-state index contributed by atoms with van der Waals surface area (Å²) < 4.78 is 5.14. The molecule has 0 aliphatic rings. The highest BCUT2D eigenvalue weighted by atomic mass is 32.2. The molecule has 0 aromatic carbocycles. The van der Waals surface area contributed by atoms with Crippen molar-refractivity contribution in [2.45, 2.75) is 24.8 Å². The smallest absolute Gasteiger partial charge is 0.371 e. The number of aryl methyl sites for hydroxylation is 2. The van der Waals surface area contributed by atoms with E-state index in [0.717, 1.165) is 16.5 Å². The topological polar surface area (TPSA) is 79.1 Å². The van der Waals surface area contributed by atoms with E-state index in [2.05, 4.69) is 9.97 Å². The largest absolute Gasteiger partial charge is 0.475 e. The molecule has 2 aromatic rings. The molecule has 0 aliphatic heterocycles. The first kappa shape index (κ1) is 11.8. The summed E-state index contributed by atoms with van der Waals surface area (Å²) in [5.74, 6) is 0.0945. The van der Waals surface area contributed by atoms with Crippen LogP contribution < -0.4 is 0 Å². The number of carboxylic acid groups (broad SMARTS) is 1. The fourth-order valence-corrected chi connectivity index (χ4v) is 2.15. The molecule has 0 amide bonds. The number of nitrogens with one attached hydrogen (secondary N) is 1. The SMILES string of the molecule is Cc1nc(SCc2ccc(C(=O)O)o2)[nH]c1C. The van der Waals surface area contributed by atoms with Gasteiger partial charge in [-0.3, -0.25) is 0 Å². The first-order valence-electron chi connectivity index (χ1n) is 5.04. The van der Waals surface area contributed by atoms with Crippen LogP contribution in [0.5, 0.6) is 0 Å². The van der Waals surface area contributed by atoms with E-state index in [4.69, 9.17) is 9.52 Å². The number of furan rings is 1. The van der Waals surface area contributed by atoms with E-state index >= 15 is 0 Å². The van der Waals surface area contributed by atoms with Gasteiger partial charge in [0.15, 0.2) is 5.16 Å². The molecule has 0 saturated heterocycles. The Balaban J connectivity index is 1.99. The van der Waals surface area contributed by atoms with Crippen molar-refractivity contribution in [2.75, 3.05) is 0 Å². The van der Waals surface area contributed by atoms with Gasteiger partial charge in [-0.1, -0.05) is 11.8 Å². The zero-order chi connectivity index (χ0) is 12.4. The third kappa shape index (κ3) is 2.71. The van der Waals surface area contributed by atoms with Gasteiger partial charge in [0.2, 0.25) is 5.76 Å². The molecule has 6 heteroatoms. The average Bonchev–Trinajstić information content (AvgIpc) is 2.84. The second-order valence-corrected chi connectivity index (χ2v) is 4.58. The molecule has 17 heavy (non-hydrogen) atoms. The Morgan fingerprint density at radius 3 is 2.82 bits per heavy atom. The van der Waals surface area contributed by atoms with Crippen molar-refractivity contribution in [1.29, 1.82) is 0 Å². The number of carboxylic acids is 1. The van der Waals surface area contributed by atoms with Crippen LogP contribution in [0.4, 0.5) is 0 Å². The predicted molar refractivity (Wildman–Crippen MR) is 63.3 cm³/mol. The van der Waals surface area contributed by atoms with Gasteiger partial charge in [0.05, 0.1) is 11.4 Å². The Morgan fingerprint density at radius 2 is 2.29 bits per heavy atom. The molecule has 2 rings (SSSR count). The van der Waals surface area contributed by atoms with Crippen molar-refractivity contribution in [3.8, 4) is 0 Å². The van der Waals surface area contributed by atoms with Crippen molar-refractivity contribution in [1.82, 2.24) is 9.97 Å². The minimum atomic E-state index is -1.05. The summed E-state index contributed by atoms with van der Waals surface area (Å²) in [6.45, 7) is 3.90. The van der Waals surface area contributed by atoms with E-state index in [1.54, 1.807) is 6.07 Å². The number of hydrogen-bond donors (Lipinski definition) is 2. The summed E-state index contributed by atoms with van der Waals surface area (Å²) >= 11 is 1.48. The quantitative estimate of drug-likeness (QED) is 0.818. The minimum Gasteiger partial charge on any atom is -0.475 e. The van der Waals surface area contributed by atoms with Crippen LogP contribution in [0.2, 0.25) is 0 Å². The second kappa shape index (κ2) is 4.67. The van der Waals surface area contributed by atoms with Gasteiger partial charge in [0.25, 0.3) is 0 Å². The van der Waals surface area contributed by atoms with Crippen LogP contribution in [-0.2, 0) is 5.75 Å². The van der Waals surface area contributed by atoms with E-state index in [-0.39, 0.29) is 5.76 Å². The standard InChI is InChI=1S/C11H12N2O3S/c1-6-7(2)13-11(12-6)17-5-8-3-4-9(16-8)10(14)15/h3-4H,5H2,1-2H3,(H,12,13)(H,14,15). The lowest BCUT2D eigenvalue weighted by Gasteiger charge is -1.94. The molecule has 0 saturated carbocycles. The van der Waals surface area contributed by atoms with Crippen LogP contribution in [0.15, 0.2) is 21.7 Å². The van der Waals surface area contributed by atoms with E-state index in [9.17, 15) is 4.79 Å². The lowest BCUT2D eigenvalue weighted by molar-refractivity contribution is 0.0661. The highest BCUT2D eigenvalue weighted by molar-refractivity contribution is 7.98. The summed E-state index contributed by atoms with van der Waals surface area (Å²) in [4.78, 5) is 18.1. The number of imidazole rings is 1. The summed E-state index contributed by atoms with van der Waals surface area (Å²) in [6.07, 6.45) is 0. The van der Waals surface area contributed by atoms with Crippen LogP contribution >= 0.6 is 11.8 Å². The van der Waals surface area contributed by atoms with Crippen molar-refractivity contribution >= 4 is 17.7 Å². The van der Waals surface area contributed by atoms with Crippen LogP contribution in [-0.4, -0.2) is 21.0 Å². The van der Waals surface area contributed by atoms with Crippen LogP contribution in [0, 0.1) is 13.8 Å². The first-order chi connectivity index (χ1) is 8.06. The van der Waals surface area contributed by atoms with E-state index in [0.29, 0.717) is 11.5 Å². The average molecular weight is 252 g/mol. The molecule has 0 aliphatic carbocycles. The fourth-order valence-electron chi connectivity index (χ4n) is 1.29. The number of hydrogen-bond acceptors (Lipinski definition) is 4. The molecule has 0 atom stereocenters. The summed E-state index contributed by atoms with van der Waals surface area (Å²) in [5, 5.41) is 9.52. The van der Waals surface area contributed by atoms with Crippen LogP contribution in [0.3, 0.4) is 0 Å². The third-order valence-electron chi connectivity index (χ3n) is 2.33. The van der Waals surface area contributed by atoms with E-state index in [1.165, 1.54) is 17.8 Å². The van der Waals surface area contributed by atoms with Gasteiger partial charge < -0.3 is 14.5 Å². The molecule has 0 unspecified atom stereocenters. The van der Waals surface area contributed by atoms with Gasteiger partial charge in [-0.2, -0.15) is 0 Å². The monoisotopic (exact) mass is 252 g/mol. The van der Waals surface area contributed by atoms with Gasteiger partial charge in [-0.05, 0) is 26.0 Å². The Kier molecular flexibility index (Phi) is 3.23. The summed E-state index contributed by atoms with van der Waals surface area (Å²) in [7, 11) is 0. The van der Waals surface area contributed by atoms with Gasteiger partial charge in [0, 0.05) is 5.69 Å². The number of H-pyrrole nitrogens is 1. The molecule has 90 valence electrons. The highest BCUT2D eigenvalue weighted by Crippen LogP contribution is 2.22.